The molecule has 1 aromatic carbocycles. The highest BCUT2D eigenvalue weighted by Crippen LogP contribution is 2.36. The van der Waals surface area contributed by atoms with Crippen molar-refractivity contribution in [3.63, 3.8) is 0 Å². The van der Waals surface area contributed by atoms with Crippen LogP contribution in [-0.2, 0) is 14.0 Å². The lowest BCUT2D eigenvalue weighted by molar-refractivity contribution is 0.00578. The Hall–Kier alpha value is -2.06. The molecule has 0 aromatic heterocycles. The summed E-state index contributed by atoms with van der Waals surface area (Å²) in [6, 6.07) is 5.71. The Bertz CT molecular complexity index is 854. The summed E-state index contributed by atoms with van der Waals surface area (Å²) in [7, 11) is -0.503. The molecule has 2 saturated heterocycles. The second-order valence-electron chi connectivity index (χ2n) is 10.9. The number of ether oxygens (including phenoxy) is 1. The molecule has 1 aromatic rings. The Balaban J connectivity index is 1.63. The van der Waals surface area contributed by atoms with Gasteiger partial charge >= 0.3 is 13.2 Å². The van der Waals surface area contributed by atoms with Crippen LogP contribution in [0.15, 0.2) is 18.2 Å². The first-order chi connectivity index (χ1) is 14.7. The van der Waals surface area contributed by atoms with Crippen molar-refractivity contribution in [2.45, 2.75) is 91.1 Å². The molecule has 0 radical (unpaired) electrons. The predicted octanol–water partition coefficient (Wildman–Crippen LogP) is 3.42. The second-order valence-corrected chi connectivity index (χ2v) is 10.9. The number of carbonyl (C=O) groups is 2. The molecule has 2 fully saturated rings. The number of alkyl carbamates (subject to hydrolysis) is 1. The van der Waals surface area contributed by atoms with E-state index in [2.05, 4.69) is 5.32 Å². The smallest absolute Gasteiger partial charge is 0.444 e. The fraction of sp³-hybridized carbons (Fsp3) is 0.667. The van der Waals surface area contributed by atoms with E-state index in [1.165, 1.54) is 0 Å². The monoisotopic (exact) mass is 444 g/mol. The number of likely N-dealkylation sites (tertiary alicyclic amines) is 1. The summed E-state index contributed by atoms with van der Waals surface area (Å²) in [5.74, 6) is -0.0153. The van der Waals surface area contributed by atoms with Gasteiger partial charge in [-0.05, 0) is 85.8 Å². The van der Waals surface area contributed by atoms with Crippen molar-refractivity contribution in [3.8, 4) is 0 Å². The molecule has 0 bridgehead atoms. The number of amides is 2. The standard InChI is InChI=1S/C24H37BN2O5/c1-16-9-10-17(15-19(16)25-31-23(5,6)24(7,8)32-25)20(28)27-13-11-18(12-14-27)26-21(29)30-22(2,3)4/h9-10,15,18H,11-14H2,1-8H3,(H,26,29). The van der Waals surface area contributed by atoms with E-state index in [1.807, 2.05) is 78.5 Å². The Labute approximate surface area is 192 Å². The van der Waals surface area contributed by atoms with E-state index in [4.69, 9.17) is 14.0 Å². The van der Waals surface area contributed by atoms with Crippen LogP contribution in [0.5, 0.6) is 0 Å². The van der Waals surface area contributed by atoms with Gasteiger partial charge in [0.2, 0.25) is 0 Å². The normalized spacial score (nSPS) is 20.9. The molecule has 32 heavy (non-hydrogen) atoms. The zero-order valence-electron chi connectivity index (χ0n) is 20.7. The average molecular weight is 444 g/mol. The maximum atomic E-state index is 13.2. The van der Waals surface area contributed by atoms with Crippen molar-refractivity contribution in [2.24, 2.45) is 0 Å². The maximum Gasteiger partial charge on any atom is 0.495 e. The minimum Gasteiger partial charge on any atom is -0.444 e. The average Bonchev–Trinajstić information content (AvgIpc) is 2.87. The summed E-state index contributed by atoms with van der Waals surface area (Å²) in [5.41, 5.74) is 1.14. The van der Waals surface area contributed by atoms with Crippen molar-refractivity contribution in [1.82, 2.24) is 10.2 Å². The lowest BCUT2D eigenvalue weighted by atomic mass is 9.75. The van der Waals surface area contributed by atoms with E-state index in [9.17, 15) is 9.59 Å². The number of hydrogen-bond donors (Lipinski definition) is 1. The Kier molecular flexibility index (Phi) is 6.69. The number of hydrogen-bond acceptors (Lipinski definition) is 5. The van der Waals surface area contributed by atoms with Gasteiger partial charge in [-0.1, -0.05) is 11.6 Å². The first-order valence-corrected chi connectivity index (χ1v) is 11.4. The molecule has 0 unspecified atom stereocenters. The van der Waals surface area contributed by atoms with E-state index in [-0.39, 0.29) is 11.9 Å². The van der Waals surface area contributed by atoms with Gasteiger partial charge in [0.05, 0.1) is 11.2 Å². The van der Waals surface area contributed by atoms with Crippen molar-refractivity contribution >= 4 is 24.6 Å². The van der Waals surface area contributed by atoms with Gasteiger partial charge in [0, 0.05) is 24.7 Å². The minimum absolute atomic E-state index is 0.00669. The summed E-state index contributed by atoms with van der Waals surface area (Å²) in [5, 5.41) is 2.91. The third-order valence-corrected chi connectivity index (χ3v) is 6.54. The van der Waals surface area contributed by atoms with E-state index in [1.54, 1.807) is 0 Å². The highest BCUT2D eigenvalue weighted by Gasteiger charge is 2.52. The van der Waals surface area contributed by atoms with Gasteiger partial charge in [-0.15, -0.1) is 0 Å². The van der Waals surface area contributed by atoms with E-state index >= 15 is 0 Å². The Morgan fingerprint density at radius 1 is 1.09 bits per heavy atom. The highest BCUT2D eigenvalue weighted by atomic mass is 16.7. The largest absolute Gasteiger partial charge is 0.495 e. The quantitative estimate of drug-likeness (QED) is 0.723. The molecule has 0 saturated carbocycles. The molecular formula is C24H37BN2O5. The van der Waals surface area contributed by atoms with Crippen molar-refractivity contribution < 1.29 is 23.6 Å². The number of nitrogens with one attached hydrogen (secondary N) is 1. The molecule has 2 aliphatic rings. The van der Waals surface area contributed by atoms with E-state index < -0.39 is 30.0 Å². The van der Waals surface area contributed by atoms with Gasteiger partial charge in [-0.25, -0.2) is 4.79 Å². The van der Waals surface area contributed by atoms with Gasteiger partial charge in [-0.3, -0.25) is 4.79 Å². The van der Waals surface area contributed by atoms with E-state index in [0.717, 1.165) is 11.0 Å². The zero-order valence-corrected chi connectivity index (χ0v) is 20.7. The van der Waals surface area contributed by atoms with Crippen LogP contribution in [-0.4, -0.2) is 60.0 Å². The van der Waals surface area contributed by atoms with Crippen LogP contribution in [0.3, 0.4) is 0 Å². The van der Waals surface area contributed by atoms with Crippen LogP contribution in [0.1, 0.15) is 77.2 Å². The lowest BCUT2D eigenvalue weighted by Crippen LogP contribution is -2.47. The summed E-state index contributed by atoms with van der Waals surface area (Å²) in [4.78, 5) is 27.0. The molecule has 0 spiro atoms. The number of rotatable bonds is 3. The van der Waals surface area contributed by atoms with Crippen LogP contribution in [0.2, 0.25) is 0 Å². The third-order valence-electron chi connectivity index (χ3n) is 6.54. The summed E-state index contributed by atoms with van der Waals surface area (Å²) in [6.07, 6.45) is 0.981. The molecular weight excluding hydrogens is 407 g/mol. The molecule has 7 nitrogen and oxygen atoms in total. The number of aryl methyl sites for hydroxylation is 1. The van der Waals surface area contributed by atoms with Crippen LogP contribution in [0, 0.1) is 6.92 Å². The molecule has 8 heteroatoms. The Morgan fingerprint density at radius 2 is 1.66 bits per heavy atom. The molecule has 2 amide bonds. The molecule has 0 atom stereocenters. The fourth-order valence-electron chi connectivity index (χ4n) is 3.88. The molecule has 1 N–H and O–H groups in total. The molecule has 176 valence electrons. The van der Waals surface area contributed by atoms with Gasteiger partial charge < -0.3 is 24.3 Å². The number of nitrogens with zero attached hydrogens (tertiary/aromatic N) is 1. The zero-order chi connectivity index (χ0) is 23.9. The van der Waals surface area contributed by atoms with Crippen LogP contribution >= 0.6 is 0 Å². The van der Waals surface area contributed by atoms with Crippen molar-refractivity contribution in [2.75, 3.05) is 13.1 Å². The van der Waals surface area contributed by atoms with Crippen molar-refractivity contribution in [1.29, 1.82) is 0 Å². The molecule has 0 aliphatic carbocycles. The predicted molar refractivity (Wildman–Crippen MR) is 125 cm³/mol. The maximum absolute atomic E-state index is 13.2. The van der Waals surface area contributed by atoms with Crippen LogP contribution < -0.4 is 10.8 Å². The number of carbonyl (C=O) groups excluding carboxylic acids is 2. The summed E-state index contributed by atoms with van der Waals surface area (Å²) < 4.78 is 17.7. The first kappa shape index (κ1) is 24.6. The van der Waals surface area contributed by atoms with Crippen LogP contribution in [0.25, 0.3) is 0 Å². The highest BCUT2D eigenvalue weighted by molar-refractivity contribution is 6.62. The third kappa shape index (κ3) is 5.46. The van der Waals surface area contributed by atoms with Gasteiger partial charge in [-0.2, -0.15) is 0 Å². The fourth-order valence-corrected chi connectivity index (χ4v) is 3.88. The number of piperidine rings is 1. The van der Waals surface area contributed by atoms with Crippen LogP contribution in [0.4, 0.5) is 4.79 Å². The molecule has 2 heterocycles. The first-order valence-electron chi connectivity index (χ1n) is 11.4. The summed E-state index contributed by atoms with van der Waals surface area (Å²) in [6.45, 7) is 16.8. The van der Waals surface area contributed by atoms with Gasteiger partial charge in [0.1, 0.15) is 5.60 Å². The summed E-state index contributed by atoms with van der Waals surface area (Å²) >= 11 is 0. The van der Waals surface area contributed by atoms with Gasteiger partial charge in [0.15, 0.2) is 0 Å². The molecule has 2 aliphatic heterocycles. The lowest BCUT2D eigenvalue weighted by Gasteiger charge is -2.33. The van der Waals surface area contributed by atoms with E-state index in [0.29, 0.717) is 31.5 Å². The van der Waals surface area contributed by atoms with Gasteiger partial charge in [0.25, 0.3) is 5.91 Å². The minimum atomic E-state index is -0.527. The second kappa shape index (κ2) is 8.71. The van der Waals surface area contributed by atoms with Crippen molar-refractivity contribution in [3.05, 3.63) is 29.3 Å². The Morgan fingerprint density at radius 3 is 2.19 bits per heavy atom. The SMILES string of the molecule is Cc1ccc(C(=O)N2CCC(NC(=O)OC(C)(C)C)CC2)cc1B1OC(C)(C)C(C)(C)O1. The topological polar surface area (TPSA) is 77.1 Å². The molecule has 3 rings (SSSR count). The number of benzene rings is 1.